The summed E-state index contributed by atoms with van der Waals surface area (Å²) in [5.41, 5.74) is -0.811. The number of amides is 1. The van der Waals surface area contributed by atoms with Crippen LogP contribution in [-0.2, 0) is 4.79 Å². The maximum atomic E-state index is 11.3. The molecule has 0 saturated heterocycles. The molecule has 0 spiro atoms. The van der Waals surface area contributed by atoms with Crippen molar-refractivity contribution in [2.24, 2.45) is 0 Å². The Morgan fingerprint density at radius 3 is 2.80 bits per heavy atom. The lowest BCUT2D eigenvalue weighted by Crippen LogP contribution is -2.45. The fraction of sp³-hybridized carbons (Fsp3) is 0.900. The van der Waals surface area contributed by atoms with Crippen LogP contribution >= 0.6 is 11.8 Å². The number of thioether (sulfide) groups is 1. The molecule has 1 aliphatic carbocycles. The van der Waals surface area contributed by atoms with Gasteiger partial charge >= 0.3 is 0 Å². The van der Waals surface area contributed by atoms with Crippen LogP contribution in [0.5, 0.6) is 0 Å². The van der Waals surface area contributed by atoms with Gasteiger partial charge in [-0.15, -0.1) is 0 Å². The van der Waals surface area contributed by atoms with Crippen molar-refractivity contribution in [3.05, 3.63) is 0 Å². The van der Waals surface area contributed by atoms with Crippen molar-refractivity contribution in [3.63, 3.8) is 0 Å². The highest BCUT2D eigenvalue weighted by Gasteiger charge is 2.23. The number of aliphatic hydroxyl groups is 1. The highest BCUT2D eigenvalue weighted by molar-refractivity contribution is 7.98. The molecule has 1 unspecified atom stereocenters. The van der Waals surface area contributed by atoms with Gasteiger partial charge in [-0.3, -0.25) is 4.79 Å². The van der Waals surface area contributed by atoms with Crippen LogP contribution in [0.15, 0.2) is 0 Å². The first-order chi connectivity index (χ1) is 7.03. The maximum absolute atomic E-state index is 11.3. The molecule has 1 aliphatic rings. The zero-order valence-electron chi connectivity index (χ0n) is 9.38. The molecule has 5 heteroatoms. The van der Waals surface area contributed by atoms with Crippen LogP contribution < -0.4 is 10.6 Å². The smallest absolute Gasteiger partial charge is 0.234 e. The Labute approximate surface area is 95.2 Å². The van der Waals surface area contributed by atoms with E-state index < -0.39 is 5.60 Å². The lowest BCUT2D eigenvalue weighted by atomic mass is 10.1. The molecule has 4 nitrogen and oxygen atoms in total. The first-order valence-electron chi connectivity index (χ1n) is 5.25. The van der Waals surface area contributed by atoms with Gasteiger partial charge < -0.3 is 15.7 Å². The predicted molar refractivity (Wildman–Crippen MR) is 63.0 cm³/mol. The van der Waals surface area contributed by atoms with E-state index in [0.29, 0.717) is 24.9 Å². The second kappa shape index (κ2) is 5.72. The topological polar surface area (TPSA) is 61.4 Å². The summed E-state index contributed by atoms with van der Waals surface area (Å²) in [7, 11) is 0. The first-order valence-corrected chi connectivity index (χ1v) is 6.64. The third-order valence-corrected chi connectivity index (χ3v) is 3.16. The van der Waals surface area contributed by atoms with Crippen LogP contribution in [0.1, 0.15) is 19.8 Å². The maximum Gasteiger partial charge on any atom is 0.234 e. The van der Waals surface area contributed by atoms with Gasteiger partial charge in [-0.2, -0.15) is 11.8 Å². The predicted octanol–water partition coefficient (Wildman–Crippen LogP) is -0.0314. The van der Waals surface area contributed by atoms with Crippen LogP contribution in [0.3, 0.4) is 0 Å². The summed E-state index contributed by atoms with van der Waals surface area (Å²) in [5.74, 6) is 0.590. The van der Waals surface area contributed by atoms with E-state index in [4.69, 9.17) is 0 Å². The fourth-order valence-corrected chi connectivity index (χ4v) is 1.96. The molecular formula is C10H20N2O2S. The van der Waals surface area contributed by atoms with Crippen LogP contribution in [0.25, 0.3) is 0 Å². The molecule has 15 heavy (non-hydrogen) atoms. The van der Waals surface area contributed by atoms with E-state index in [2.05, 4.69) is 10.6 Å². The molecule has 0 aromatic rings. The fourth-order valence-electron chi connectivity index (χ4n) is 1.24. The van der Waals surface area contributed by atoms with E-state index in [1.807, 2.05) is 6.26 Å². The van der Waals surface area contributed by atoms with Crippen molar-refractivity contribution < 1.29 is 9.90 Å². The quantitative estimate of drug-likeness (QED) is 0.577. The van der Waals surface area contributed by atoms with Gasteiger partial charge in [0.05, 0.1) is 12.1 Å². The lowest BCUT2D eigenvalue weighted by Gasteiger charge is -2.22. The van der Waals surface area contributed by atoms with Crippen molar-refractivity contribution >= 4 is 17.7 Å². The average Bonchev–Trinajstić information content (AvgIpc) is 2.95. The molecule has 0 aliphatic heterocycles. The van der Waals surface area contributed by atoms with Crippen molar-refractivity contribution in [2.45, 2.75) is 31.4 Å². The number of hydrogen-bond donors (Lipinski definition) is 3. The molecule has 3 N–H and O–H groups in total. The van der Waals surface area contributed by atoms with Crippen molar-refractivity contribution in [1.29, 1.82) is 0 Å². The summed E-state index contributed by atoms with van der Waals surface area (Å²) < 4.78 is 0. The van der Waals surface area contributed by atoms with E-state index in [0.717, 1.165) is 0 Å². The highest BCUT2D eigenvalue weighted by atomic mass is 32.2. The SMILES string of the molecule is CSCC(C)(O)CNC(=O)CNC1CC1. The minimum Gasteiger partial charge on any atom is -0.387 e. The number of carbonyl (C=O) groups is 1. The zero-order valence-corrected chi connectivity index (χ0v) is 10.2. The largest absolute Gasteiger partial charge is 0.387 e. The summed E-state index contributed by atoms with van der Waals surface area (Å²) in [6.07, 6.45) is 4.29. The number of carbonyl (C=O) groups excluding carboxylic acids is 1. The van der Waals surface area contributed by atoms with Gasteiger partial charge in [-0.05, 0) is 26.0 Å². The molecule has 0 aromatic carbocycles. The van der Waals surface area contributed by atoms with Gasteiger partial charge in [0.15, 0.2) is 0 Å². The Morgan fingerprint density at radius 2 is 2.27 bits per heavy atom. The summed E-state index contributed by atoms with van der Waals surface area (Å²) in [5, 5.41) is 15.6. The van der Waals surface area contributed by atoms with E-state index in [1.165, 1.54) is 12.8 Å². The molecule has 1 saturated carbocycles. The molecule has 0 bridgehead atoms. The van der Waals surface area contributed by atoms with Crippen LogP contribution in [0.4, 0.5) is 0 Å². The van der Waals surface area contributed by atoms with Crippen LogP contribution in [0, 0.1) is 0 Å². The van der Waals surface area contributed by atoms with Crippen molar-refractivity contribution in [1.82, 2.24) is 10.6 Å². The molecule has 0 heterocycles. The summed E-state index contributed by atoms with van der Waals surface area (Å²) in [6, 6.07) is 0.544. The van der Waals surface area contributed by atoms with Crippen molar-refractivity contribution in [2.75, 3.05) is 25.1 Å². The van der Waals surface area contributed by atoms with Gasteiger partial charge in [-0.1, -0.05) is 0 Å². The lowest BCUT2D eigenvalue weighted by molar-refractivity contribution is -0.121. The van der Waals surface area contributed by atoms with E-state index in [1.54, 1.807) is 18.7 Å². The molecule has 1 rings (SSSR count). The van der Waals surface area contributed by atoms with Crippen molar-refractivity contribution in [3.8, 4) is 0 Å². The molecule has 0 radical (unpaired) electrons. The summed E-state index contributed by atoms with van der Waals surface area (Å²) in [4.78, 5) is 11.3. The number of rotatable bonds is 7. The number of nitrogens with one attached hydrogen (secondary N) is 2. The molecule has 1 atom stereocenters. The van der Waals surface area contributed by atoms with Gasteiger partial charge in [0.1, 0.15) is 0 Å². The van der Waals surface area contributed by atoms with Crippen LogP contribution in [0.2, 0.25) is 0 Å². The minimum absolute atomic E-state index is 0.0386. The summed E-state index contributed by atoms with van der Waals surface area (Å²) >= 11 is 1.57. The monoisotopic (exact) mass is 232 g/mol. The van der Waals surface area contributed by atoms with Crippen LogP contribution in [-0.4, -0.2) is 47.8 Å². The standard InChI is InChI=1S/C10H20N2O2S/c1-10(14,7-15-2)6-12-9(13)5-11-8-3-4-8/h8,11,14H,3-7H2,1-2H3,(H,12,13). The van der Waals surface area contributed by atoms with Gasteiger partial charge in [0.2, 0.25) is 5.91 Å². The Morgan fingerprint density at radius 1 is 1.60 bits per heavy atom. The Balaban J connectivity index is 2.08. The van der Waals surface area contributed by atoms with E-state index in [-0.39, 0.29) is 5.91 Å². The second-order valence-corrected chi connectivity index (χ2v) is 5.23. The van der Waals surface area contributed by atoms with E-state index in [9.17, 15) is 9.90 Å². The minimum atomic E-state index is -0.811. The third-order valence-electron chi connectivity index (χ3n) is 2.25. The zero-order chi connectivity index (χ0) is 11.3. The molecule has 88 valence electrons. The van der Waals surface area contributed by atoms with Gasteiger partial charge in [-0.25, -0.2) is 0 Å². The van der Waals surface area contributed by atoms with Gasteiger partial charge in [0.25, 0.3) is 0 Å². The number of hydrogen-bond acceptors (Lipinski definition) is 4. The highest BCUT2D eigenvalue weighted by Crippen LogP contribution is 2.17. The second-order valence-electron chi connectivity index (χ2n) is 4.36. The van der Waals surface area contributed by atoms with Gasteiger partial charge in [0, 0.05) is 18.3 Å². The van der Waals surface area contributed by atoms with E-state index >= 15 is 0 Å². The molecule has 1 amide bonds. The molecular weight excluding hydrogens is 212 g/mol. The Hall–Kier alpha value is -0.260. The molecule has 1 fully saturated rings. The Kier molecular flexibility index (Phi) is 4.89. The Bertz CT molecular complexity index is 217. The molecule has 0 aromatic heterocycles. The normalized spacial score (nSPS) is 19.7. The third kappa shape index (κ3) is 6.02. The first kappa shape index (κ1) is 12.8. The summed E-state index contributed by atoms with van der Waals surface area (Å²) in [6.45, 7) is 2.41. The average molecular weight is 232 g/mol.